The van der Waals surface area contributed by atoms with Crippen LogP contribution in [0.2, 0.25) is 0 Å². The Balaban J connectivity index is 2.05. The fourth-order valence-corrected chi connectivity index (χ4v) is 1.85. The first kappa shape index (κ1) is 12.8. The Morgan fingerprint density at radius 3 is 3.00 bits per heavy atom. The predicted molar refractivity (Wildman–Crippen MR) is 71.0 cm³/mol. The second-order valence-electron chi connectivity index (χ2n) is 3.57. The normalized spacial score (nSPS) is 10.3. The van der Waals surface area contributed by atoms with Crippen LogP contribution in [-0.2, 0) is 6.54 Å². The number of carbonyl (C=O) groups excluding carboxylic acids is 1. The van der Waals surface area contributed by atoms with Crippen molar-refractivity contribution in [1.82, 2.24) is 15.5 Å². The van der Waals surface area contributed by atoms with Crippen molar-refractivity contribution < 1.29 is 14.4 Å². The van der Waals surface area contributed by atoms with Crippen LogP contribution in [-0.4, -0.2) is 21.2 Å². The number of phenolic OH excluding ortho intramolecular Hbond substituents is 1. The van der Waals surface area contributed by atoms with Gasteiger partial charge in [-0.15, -0.1) is 0 Å². The van der Waals surface area contributed by atoms with Gasteiger partial charge in [0.05, 0.1) is 12.1 Å². The molecule has 0 bridgehead atoms. The lowest BCUT2D eigenvalue weighted by molar-refractivity contribution is 0.0947. The van der Waals surface area contributed by atoms with E-state index < -0.39 is 0 Å². The molecule has 0 saturated heterocycles. The third-order valence-corrected chi connectivity index (χ3v) is 2.85. The fourth-order valence-electron chi connectivity index (χ4n) is 1.36. The van der Waals surface area contributed by atoms with Gasteiger partial charge in [0.1, 0.15) is 5.75 Å². The Morgan fingerprint density at radius 1 is 1.56 bits per heavy atom. The van der Waals surface area contributed by atoms with Crippen LogP contribution in [0.4, 0.5) is 0 Å². The van der Waals surface area contributed by atoms with Crippen molar-refractivity contribution in [3.8, 4) is 5.75 Å². The summed E-state index contributed by atoms with van der Waals surface area (Å²) < 4.78 is 5.65. The summed E-state index contributed by atoms with van der Waals surface area (Å²) in [5, 5.41) is 15.9. The zero-order chi connectivity index (χ0) is 13.1. The highest BCUT2D eigenvalue weighted by Gasteiger charge is 2.12. The molecule has 2 rings (SSSR count). The SMILES string of the molecule is Cc1nc(CNC(=O)c2cc(I)ccc2O)no1. The van der Waals surface area contributed by atoms with Crippen LogP contribution in [0.25, 0.3) is 0 Å². The van der Waals surface area contributed by atoms with Crippen LogP contribution < -0.4 is 5.32 Å². The molecule has 1 heterocycles. The summed E-state index contributed by atoms with van der Waals surface area (Å²) in [6.07, 6.45) is 0. The largest absolute Gasteiger partial charge is 0.507 e. The van der Waals surface area contributed by atoms with Crippen molar-refractivity contribution in [1.29, 1.82) is 0 Å². The maximum atomic E-state index is 11.8. The zero-order valence-electron chi connectivity index (χ0n) is 9.48. The van der Waals surface area contributed by atoms with Crippen molar-refractivity contribution in [3.05, 3.63) is 39.0 Å². The maximum absolute atomic E-state index is 11.8. The Bertz CT molecular complexity index is 583. The number of rotatable bonds is 3. The van der Waals surface area contributed by atoms with Crippen LogP contribution in [0.3, 0.4) is 0 Å². The molecule has 1 amide bonds. The summed E-state index contributed by atoms with van der Waals surface area (Å²) in [6, 6.07) is 4.80. The van der Waals surface area contributed by atoms with Crippen LogP contribution in [0.15, 0.2) is 22.7 Å². The molecule has 0 radical (unpaired) electrons. The number of aromatic nitrogens is 2. The molecule has 7 heteroatoms. The van der Waals surface area contributed by atoms with E-state index in [1.807, 2.05) is 0 Å². The predicted octanol–water partition coefficient (Wildman–Crippen LogP) is 1.62. The molecule has 0 unspecified atom stereocenters. The molecule has 0 fully saturated rings. The molecular weight excluding hydrogens is 349 g/mol. The Hall–Kier alpha value is -1.64. The second kappa shape index (κ2) is 5.34. The number of amides is 1. The number of benzene rings is 1. The number of halogens is 1. The van der Waals surface area contributed by atoms with E-state index in [2.05, 4.69) is 38.0 Å². The minimum atomic E-state index is -0.381. The fraction of sp³-hybridized carbons (Fsp3) is 0.182. The minimum absolute atomic E-state index is 0.0581. The Morgan fingerprint density at radius 2 is 2.33 bits per heavy atom. The lowest BCUT2D eigenvalue weighted by atomic mass is 10.2. The molecule has 94 valence electrons. The lowest BCUT2D eigenvalue weighted by Crippen LogP contribution is -2.23. The van der Waals surface area contributed by atoms with Gasteiger partial charge in [-0.25, -0.2) is 0 Å². The van der Waals surface area contributed by atoms with Crippen molar-refractivity contribution in [2.45, 2.75) is 13.5 Å². The van der Waals surface area contributed by atoms with E-state index in [-0.39, 0.29) is 23.8 Å². The molecule has 1 aromatic carbocycles. The first-order valence-electron chi connectivity index (χ1n) is 5.12. The smallest absolute Gasteiger partial charge is 0.255 e. The molecule has 1 aromatic heterocycles. The van der Waals surface area contributed by atoms with Crippen LogP contribution >= 0.6 is 22.6 Å². The van der Waals surface area contributed by atoms with E-state index in [1.54, 1.807) is 19.1 Å². The van der Waals surface area contributed by atoms with Gasteiger partial charge < -0.3 is 14.9 Å². The average Bonchev–Trinajstić information content (AvgIpc) is 2.75. The van der Waals surface area contributed by atoms with Gasteiger partial charge in [-0.3, -0.25) is 4.79 Å². The maximum Gasteiger partial charge on any atom is 0.255 e. The molecule has 0 saturated carbocycles. The van der Waals surface area contributed by atoms with Gasteiger partial charge in [0.25, 0.3) is 5.91 Å². The molecule has 2 aromatic rings. The van der Waals surface area contributed by atoms with Crippen LogP contribution in [0.5, 0.6) is 5.75 Å². The number of phenols is 1. The van der Waals surface area contributed by atoms with Crippen molar-refractivity contribution >= 4 is 28.5 Å². The molecule has 0 spiro atoms. The third-order valence-electron chi connectivity index (χ3n) is 2.18. The highest BCUT2D eigenvalue weighted by Crippen LogP contribution is 2.19. The number of hydrogen-bond donors (Lipinski definition) is 2. The molecule has 18 heavy (non-hydrogen) atoms. The van der Waals surface area contributed by atoms with Crippen LogP contribution in [0.1, 0.15) is 22.1 Å². The van der Waals surface area contributed by atoms with Gasteiger partial charge >= 0.3 is 0 Å². The number of carbonyl (C=O) groups is 1. The highest BCUT2D eigenvalue weighted by atomic mass is 127. The molecule has 2 N–H and O–H groups in total. The molecule has 0 aliphatic carbocycles. The summed E-state index contributed by atoms with van der Waals surface area (Å²) in [5.74, 6) is 0.396. The summed E-state index contributed by atoms with van der Waals surface area (Å²) >= 11 is 2.07. The number of nitrogens with zero attached hydrogens (tertiary/aromatic N) is 2. The summed E-state index contributed by atoms with van der Waals surface area (Å²) in [4.78, 5) is 15.8. The molecule has 6 nitrogen and oxygen atoms in total. The number of aryl methyl sites for hydroxylation is 1. The summed E-state index contributed by atoms with van der Waals surface area (Å²) in [6.45, 7) is 1.82. The van der Waals surface area contributed by atoms with Gasteiger partial charge in [0.2, 0.25) is 5.89 Å². The van der Waals surface area contributed by atoms with Crippen molar-refractivity contribution in [3.63, 3.8) is 0 Å². The van der Waals surface area contributed by atoms with Crippen LogP contribution in [0, 0.1) is 10.5 Å². The summed E-state index contributed by atoms with van der Waals surface area (Å²) in [5.41, 5.74) is 0.224. The topological polar surface area (TPSA) is 88.2 Å². The lowest BCUT2D eigenvalue weighted by Gasteiger charge is -2.05. The van der Waals surface area contributed by atoms with E-state index in [0.29, 0.717) is 11.7 Å². The average molecular weight is 359 g/mol. The Labute approximate surface area is 117 Å². The molecule has 0 aliphatic rings. The Kier molecular flexibility index (Phi) is 3.80. The van der Waals surface area contributed by atoms with Crippen molar-refractivity contribution in [2.24, 2.45) is 0 Å². The van der Waals surface area contributed by atoms with Gasteiger partial charge in [-0.2, -0.15) is 4.98 Å². The molecular formula is C11H10IN3O3. The van der Waals surface area contributed by atoms with E-state index in [9.17, 15) is 9.90 Å². The first-order valence-corrected chi connectivity index (χ1v) is 6.20. The second-order valence-corrected chi connectivity index (χ2v) is 4.82. The standard InChI is InChI=1S/C11H10IN3O3/c1-6-14-10(15-18-6)5-13-11(17)8-4-7(12)2-3-9(8)16/h2-4,16H,5H2,1H3,(H,13,17). The number of hydrogen-bond acceptors (Lipinski definition) is 5. The minimum Gasteiger partial charge on any atom is -0.507 e. The third kappa shape index (κ3) is 2.97. The summed E-state index contributed by atoms with van der Waals surface area (Å²) in [7, 11) is 0. The monoisotopic (exact) mass is 359 g/mol. The number of nitrogens with one attached hydrogen (secondary N) is 1. The van der Waals surface area contributed by atoms with Gasteiger partial charge in [0.15, 0.2) is 5.82 Å². The van der Waals surface area contributed by atoms with Crippen molar-refractivity contribution in [2.75, 3.05) is 0 Å². The van der Waals surface area contributed by atoms with E-state index >= 15 is 0 Å². The molecule has 0 aliphatic heterocycles. The van der Waals surface area contributed by atoms with E-state index in [0.717, 1.165) is 3.57 Å². The van der Waals surface area contributed by atoms with Gasteiger partial charge in [0, 0.05) is 10.5 Å². The van der Waals surface area contributed by atoms with Gasteiger partial charge in [-0.05, 0) is 40.8 Å². The first-order chi connectivity index (χ1) is 8.56. The van der Waals surface area contributed by atoms with E-state index in [4.69, 9.17) is 4.52 Å². The molecule has 0 atom stereocenters. The number of aromatic hydroxyl groups is 1. The quantitative estimate of drug-likeness (QED) is 0.814. The highest BCUT2D eigenvalue weighted by molar-refractivity contribution is 14.1. The zero-order valence-corrected chi connectivity index (χ0v) is 11.6. The van der Waals surface area contributed by atoms with E-state index in [1.165, 1.54) is 6.07 Å². The van der Waals surface area contributed by atoms with Gasteiger partial charge in [-0.1, -0.05) is 5.16 Å².